The maximum Gasteiger partial charge on any atom is 0.328 e. The third-order valence-corrected chi connectivity index (χ3v) is 1.93. The molecule has 0 aliphatic carbocycles. The van der Waals surface area contributed by atoms with Crippen molar-refractivity contribution >= 4 is 17.7 Å². The van der Waals surface area contributed by atoms with Crippen LogP contribution in [-0.4, -0.2) is 28.2 Å². The zero-order valence-electron chi connectivity index (χ0n) is 8.78. The second-order valence-corrected chi connectivity index (χ2v) is 3.01. The molecule has 0 aromatic heterocycles. The van der Waals surface area contributed by atoms with Crippen LogP contribution in [-0.2, 0) is 4.79 Å². The number of ether oxygens (including phenoxy) is 1. The summed E-state index contributed by atoms with van der Waals surface area (Å²) in [5.41, 5.74) is -0.548. The molecule has 0 aliphatic rings. The van der Waals surface area contributed by atoms with E-state index in [1.54, 1.807) is 0 Å². The van der Waals surface area contributed by atoms with E-state index >= 15 is 0 Å². The number of benzene rings is 1. The van der Waals surface area contributed by atoms with Crippen LogP contribution >= 0.6 is 0 Å². The lowest BCUT2D eigenvalue weighted by Crippen LogP contribution is -1.93. The highest BCUT2D eigenvalue weighted by atomic mass is 16.6. The summed E-state index contributed by atoms with van der Waals surface area (Å²) in [4.78, 5) is 20.2. The largest absolute Gasteiger partial charge is 0.502 e. The van der Waals surface area contributed by atoms with Crippen LogP contribution in [0.15, 0.2) is 18.2 Å². The number of nitro groups is 1. The molecule has 0 fully saturated rings. The second-order valence-electron chi connectivity index (χ2n) is 3.01. The fourth-order valence-corrected chi connectivity index (χ4v) is 1.16. The molecule has 0 saturated carbocycles. The normalized spacial score (nSPS) is 10.4. The number of phenols is 1. The molecule has 0 aliphatic heterocycles. The van der Waals surface area contributed by atoms with E-state index in [9.17, 15) is 20.0 Å². The van der Waals surface area contributed by atoms with Crippen LogP contribution in [0.5, 0.6) is 11.5 Å². The number of carboxylic acids is 1. The van der Waals surface area contributed by atoms with Gasteiger partial charge in [-0.1, -0.05) is 0 Å². The highest BCUT2D eigenvalue weighted by Gasteiger charge is 2.18. The van der Waals surface area contributed by atoms with Gasteiger partial charge in [0.05, 0.1) is 18.1 Å². The fraction of sp³-hybridized carbons (Fsp3) is 0.100. The first-order chi connectivity index (χ1) is 7.95. The maximum absolute atomic E-state index is 10.6. The Kier molecular flexibility index (Phi) is 3.66. The first-order valence-electron chi connectivity index (χ1n) is 4.42. The molecule has 1 aromatic rings. The Labute approximate surface area is 95.7 Å². The zero-order valence-corrected chi connectivity index (χ0v) is 8.78. The molecule has 0 spiro atoms. The first-order valence-corrected chi connectivity index (χ1v) is 4.42. The lowest BCUT2D eigenvalue weighted by molar-refractivity contribution is -0.385. The van der Waals surface area contributed by atoms with Crippen molar-refractivity contribution in [2.45, 2.75) is 0 Å². The van der Waals surface area contributed by atoms with E-state index in [0.29, 0.717) is 0 Å². The van der Waals surface area contributed by atoms with E-state index in [1.807, 2.05) is 0 Å². The molecule has 7 heteroatoms. The van der Waals surface area contributed by atoms with Crippen LogP contribution in [0.3, 0.4) is 0 Å². The number of phenolic OH excluding ortho intramolecular Hbond substituents is 1. The van der Waals surface area contributed by atoms with Crippen molar-refractivity contribution in [2.75, 3.05) is 7.11 Å². The minimum absolute atomic E-state index is 0.00144. The standard InChI is InChI=1S/C10H9NO6/c1-17-7-4-6(2-3-9(12)13)10(14)8(5-7)11(15)16/h2-5,14H,1H3,(H,12,13)/b3-2+. The number of methoxy groups -OCH3 is 1. The topological polar surface area (TPSA) is 110 Å². The van der Waals surface area contributed by atoms with Gasteiger partial charge in [0.1, 0.15) is 5.75 Å². The van der Waals surface area contributed by atoms with E-state index < -0.39 is 22.3 Å². The predicted octanol–water partition coefficient (Wildman–Crippen LogP) is 1.41. The number of aromatic hydroxyl groups is 1. The Hall–Kier alpha value is -2.57. The number of carbonyl (C=O) groups is 1. The van der Waals surface area contributed by atoms with E-state index in [1.165, 1.54) is 13.2 Å². The number of nitro benzene ring substituents is 1. The van der Waals surface area contributed by atoms with Crippen molar-refractivity contribution in [1.29, 1.82) is 0 Å². The lowest BCUT2D eigenvalue weighted by atomic mass is 10.1. The molecule has 7 nitrogen and oxygen atoms in total. The predicted molar refractivity (Wildman–Crippen MR) is 58.0 cm³/mol. The van der Waals surface area contributed by atoms with Gasteiger partial charge in [-0.3, -0.25) is 10.1 Å². The molecular formula is C10H9NO6. The van der Waals surface area contributed by atoms with Crippen LogP contribution in [0, 0.1) is 10.1 Å². The number of hydrogen-bond donors (Lipinski definition) is 2. The Morgan fingerprint density at radius 1 is 1.53 bits per heavy atom. The molecule has 17 heavy (non-hydrogen) atoms. The second kappa shape index (κ2) is 4.97. The van der Waals surface area contributed by atoms with Gasteiger partial charge in [0.2, 0.25) is 5.75 Å². The van der Waals surface area contributed by atoms with Gasteiger partial charge in [0, 0.05) is 11.6 Å². The summed E-state index contributed by atoms with van der Waals surface area (Å²) in [7, 11) is 1.31. The van der Waals surface area contributed by atoms with Gasteiger partial charge in [-0.05, 0) is 12.1 Å². The molecule has 1 rings (SSSR count). The molecule has 0 radical (unpaired) electrons. The molecule has 2 N–H and O–H groups in total. The van der Waals surface area contributed by atoms with Gasteiger partial charge in [0.15, 0.2) is 0 Å². The summed E-state index contributed by atoms with van der Waals surface area (Å²) in [6, 6.07) is 2.34. The minimum atomic E-state index is -1.23. The van der Waals surface area contributed by atoms with E-state index in [2.05, 4.69) is 0 Å². The fourth-order valence-electron chi connectivity index (χ4n) is 1.16. The van der Waals surface area contributed by atoms with Crippen molar-refractivity contribution in [3.05, 3.63) is 33.9 Å². The summed E-state index contributed by atoms with van der Waals surface area (Å²) in [5.74, 6) is -1.68. The monoisotopic (exact) mass is 239 g/mol. The van der Waals surface area contributed by atoms with Crippen molar-refractivity contribution in [3.63, 3.8) is 0 Å². The average Bonchev–Trinajstić information content (AvgIpc) is 2.27. The molecular weight excluding hydrogens is 230 g/mol. The molecule has 0 atom stereocenters. The quantitative estimate of drug-likeness (QED) is 0.467. The Morgan fingerprint density at radius 2 is 2.18 bits per heavy atom. The molecule has 0 unspecified atom stereocenters. The Morgan fingerprint density at radius 3 is 2.65 bits per heavy atom. The summed E-state index contributed by atoms with van der Waals surface area (Å²) >= 11 is 0. The highest BCUT2D eigenvalue weighted by Crippen LogP contribution is 2.34. The maximum atomic E-state index is 10.6. The third kappa shape index (κ3) is 2.94. The van der Waals surface area contributed by atoms with Crippen LogP contribution < -0.4 is 4.74 Å². The first kappa shape index (κ1) is 12.5. The van der Waals surface area contributed by atoms with Crippen molar-refractivity contribution in [1.82, 2.24) is 0 Å². The van der Waals surface area contributed by atoms with Crippen molar-refractivity contribution in [3.8, 4) is 11.5 Å². The smallest absolute Gasteiger partial charge is 0.328 e. The van der Waals surface area contributed by atoms with Crippen LogP contribution in [0.2, 0.25) is 0 Å². The number of nitrogens with zero attached hydrogens (tertiary/aromatic N) is 1. The summed E-state index contributed by atoms with van der Waals surface area (Å²) in [5, 5.41) is 28.6. The van der Waals surface area contributed by atoms with E-state index in [4.69, 9.17) is 9.84 Å². The zero-order chi connectivity index (χ0) is 13.0. The minimum Gasteiger partial charge on any atom is -0.502 e. The summed E-state index contributed by atoms with van der Waals surface area (Å²) < 4.78 is 4.81. The highest BCUT2D eigenvalue weighted by molar-refractivity contribution is 5.86. The Bertz CT molecular complexity index is 494. The molecule has 0 bridgehead atoms. The van der Waals surface area contributed by atoms with Gasteiger partial charge < -0.3 is 14.9 Å². The number of hydrogen-bond acceptors (Lipinski definition) is 5. The van der Waals surface area contributed by atoms with Crippen LogP contribution in [0.25, 0.3) is 6.08 Å². The lowest BCUT2D eigenvalue weighted by Gasteiger charge is -2.04. The van der Waals surface area contributed by atoms with Gasteiger partial charge in [0.25, 0.3) is 0 Å². The molecule has 0 amide bonds. The van der Waals surface area contributed by atoms with E-state index in [0.717, 1.165) is 18.2 Å². The van der Waals surface area contributed by atoms with Crippen LogP contribution in [0.1, 0.15) is 5.56 Å². The summed E-state index contributed by atoms with van der Waals surface area (Å²) in [6.07, 6.45) is 1.81. The molecule has 0 heterocycles. The van der Waals surface area contributed by atoms with Crippen molar-refractivity contribution < 1.29 is 24.7 Å². The molecule has 1 aromatic carbocycles. The number of carboxylic acid groups (broad SMARTS) is 1. The third-order valence-electron chi connectivity index (χ3n) is 1.93. The van der Waals surface area contributed by atoms with Gasteiger partial charge in [-0.15, -0.1) is 0 Å². The SMILES string of the molecule is COc1cc(/C=C/C(=O)O)c(O)c([N+](=O)[O-])c1. The molecule has 90 valence electrons. The molecule has 0 saturated heterocycles. The van der Waals surface area contributed by atoms with E-state index in [-0.39, 0.29) is 11.3 Å². The van der Waals surface area contributed by atoms with Gasteiger partial charge in [-0.25, -0.2) is 4.79 Å². The number of aliphatic carboxylic acids is 1. The van der Waals surface area contributed by atoms with Crippen LogP contribution in [0.4, 0.5) is 5.69 Å². The summed E-state index contributed by atoms with van der Waals surface area (Å²) in [6.45, 7) is 0. The average molecular weight is 239 g/mol. The van der Waals surface area contributed by atoms with Crippen molar-refractivity contribution in [2.24, 2.45) is 0 Å². The number of rotatable bonds is 4. The van der Waals surface area contributed by atoms with Gasteiger partial charge >= 0.3 is 11.7 Å². The Balaban J connectivity index is 3.33. The van der Waals surface area contributed by atoms with Gasteiger partial charge in [-0.2, -0.15) is 0 Å².